The lowest BCUT2D eigenvalue weighted by Crippen LogP contribution is -2.27. The second kappa shape index (κ2) is 5.41. The smallest absolute Gasteiger partial charge is 0.255 e. The second-order valence-corrected chi connectivity index (χ2v) is 6.10. The molecule has 0 aromatic heterocycles. The van der Waals surface area contributed by atoms with Gasteiger partial charge in [0.1, 0.15) is 5.75 Å². The summed E-state index contributed by atoms with van der Waals surface area (Å²) in [6, 6.07) is 10.5. The largest absolute Gasteiger partial charge is 0.507 e. The third kappa shape index (κ3) is 2.74. The molecule has 0 radical (unpaired) electrons. The number of hydrogen-bond donors (Lipinski definition) is 3. The monoisotopic (exact) mass is 346 g/mol. The molecule has 0 saturated heterocycles. The Morgan fingerprint density at radius 3 is 2.90 bits per heavy atom. The third-order valence-corrected chi connectivity index (χ3v) is 4.25. The summed E-state index contributed by atoms with van der Waals surface area (Å²) in [5, 5.41) is 12.8. The number of rotatable bonds is 2. The van der Waals surface area contributed by atoms with E-state index in [0.717, 1.165) is 28.6 Å². The number of carbonyl (C=O) groups excluding carboxylic acids is 1. The van der Waals surface area contributed by atoms with Gasteiger partial charge in [0.05, 0.1) is 11.6 Å². The Morgan fingerprint density at radius 2 is 2.10 bits per heavy atom. The molecule has 0 bridgehead atoms. The molecule has 3 rings (SSSR count). The Hall–Kier alpha value is -2.01. The molecule has 0 heterocycles. The topological polar surface area (TPSA) is 75.3 Å². The van der Waals surface area contributed by atoms with Crippen LogP contribution in [0.4, 0.5) is 5.69 Å². The van der Waals surface area contributed by atoms with E-state index >= 15 is 0 Å². The van der Waals surface area contributed by atoms with Crippen molar-refractivity contribution in [1.82, 2.24) is 5.32 Å². The average Bonchev–Trinajstić information content (AvgIpc) is 2.83. The highest BCUT2D eigenvalue weighted by Crippen LogP contribution is 2.33. The first-order chi connectivity index (χ1) is 10.0. The standard InChI is InChI=1S/C16H15BrN2O2/c17-10-2-6-15(20)13(8-10)16(21)19-14-5-1-9-7-11(18)3-4-12(9)14/h2-4,6-8,14,20H,1,5,18H2,(H,19,21). The van der Waals surface area contributed by atoms with E-state index in [1.807, 2.05) is 18.2 Å². The Bertz CT molecular complexity index is 715. The number of fused-ring (bicyclic) bond motifs is 1. The van der Waals surface area contributed by atoms with Crippen LogP contribution < -0.4 is 11.1 Å². The van der Waals surface area contributed by atoms with E-state index in [4.69, 9.17) is 5.73 Å². The molecule has 108 valence electrons. The molecule has 0 spiro atoms. The normalized spacial score (nSPS) is 16.5. The fourth-order valence-corrected chi connectivity index (χ4v) is 3.07. The number of halogens is 1. The molecule has 1 unspecified atom stereocenters. The molecule has 1 atom stereocenters. The number of aromatic hydroxyl groups is 1. The van der Waals surface area contributed by atoms with Crippen molar-refractivity contribution in [1.29, 1.82) is 0 Å². The van der Waals surface area contributed by atoms with Crippen molar-refractivity contribution in [3.63, 3.8) is 0 Å². The van der Waals surface area contributed by atoms with E-state index in [1.165, 1.54) is 11.6 Å². The SMILES string of the molecule is Nc1ccc2c(c1)CCC2NC(=O)c1cc(Br)ccc1O. The first-order valence-electron chi connectivity index (χ1n) is 6.72. The lowest BCUT2D eigenvalue weighted by Gasteiger charge is -2.15. The summed E-state index contributed by atoms with van der Waals surface area (Å²) in [5.41, 5.74) is 9.08. The second-order valence-electron chi connectivity index (χ2n) is 5.18. The Balaban J connectivity index is 1.82. The summed E-state index contributed by atoms with van der Waals surface area (Å²) in [7, 11) is 0. The number of benzene rings is 2. The number of amides is 1. The molecule has 2 aromatic carbocycles. The number of nitrogen functional groups attached to an aromatic ring is 1. The molecule has 1 aliphatic carbocycles. The van der Waals surface area contributed by atoms with Crippen molar-refractivity contribution in [2.24, 2.45) is 0 Å². The fourth-order valence-electron chi connectivity index (χ4n) is 2.71. The molecule has 4 nitrogen and oxygen atoms in total. The van der Waals surface area contributed by atoms with E-state index in [1.54, 1.807) is 12.1 Å². The lowest BCUT2D eigenvalue weighted by atomic mass is 10.1. The molecule has 1 amide bonds. The lowest BCUT2D eigenvalue weighted by molar-refractivity contribution is 0.0934. The fraction of sp³-hybridized carbons (Fsp3) is 0.188. The first kappa shape index (κ1) is 13.9. The van der Waals surface area contributed by atoms with Crippen LogP contribution in [0, 0.1) is 0 Å². The van der Waals surface area contributed by atoms with Crippen LogP contribution in [-0.2, 0) is 6.42 Å². The van der Waals surface area contributed by atoms with Crippen molar-refractivity contribution < 1.29 is 9.90 Å². The van der Waals surface area contributed by atoms with Gasteiger partial charge in [0.15, 0.2) is 0 Å². The number of hydrogen-bond acceptors (Lipinski definition) is 3. The van der Waals surface area contributed by atoms with Gasteiger partial charge >= 0.3 is 0 Å². The zero-order chi connectivity index (χ0) is 15.0. The van der Waals surface area contributed by atoms with Gasteiger partial charge < -0.3 is 16.2 Å². The average molecular weight is 347 g/mol. The minimum atomic E-state index is -0.275. The number of anilines is 1. The van der Waals surface area contributed by atoms with Crippen LogP contribution in [0.25, 0.3) is 0 Å². The molecule has 1 aliphatic rings. The van der Waals surface area contributed by atoms with Crippen LogP contribution >= 0.6 is 15.9 Å². The summed E-state index contributed by atoms with van der Waals surface area (Å²) in [4.78, 5) is 12.3. The van der Waals surface area contributed by atoms with Crippen LogP contribution in [0.3, 0.4) is 0 Å². The molecule has 4 N–H and O–H groups in total. The predicted molar refractivity (Wildman–Crippen MR) is 85.2 cm³/mol. The molecule has 5 heteroatoms. The molecule has 21 heavy (non-hydrogen) atoms. The highest BCUT2D eigenvalue weighted by atomic mass is 79.9. The maximum absolute atomic E-state index is 12.3. The van der Waals surface area contributed by atoms with Crippen molar-refractivity contribution >= 4 is 27.5 Å². The predicted octanol–water partition coefficient (Wildman–Crippen LogP) is 3.15. The van der Waals surface area contributed by atoms with Gasteiger partial charge in [-0.3, -0.25) is 4.79 Å². The maximum atomic E-state index is 12.3. The van der Waals surface area contributed by atoms with Gasteiger partial charge in [-0.2, -0.15) is 0 Å². The van der Waals surface area contributed by atoms with Crippen molar-refractivity contribution in [3.8, 4) is 5.75 Å². The Morgan fingerprint density at radius 1 is 1.29 bits per heavy atom. The van der Waals surface area contributed by atoms with Crippen LogP contribution in [0.5, 0.6) is 5.75 Å². The zero-order valence-electron chi connectivity index (χ0n) is 11.3. The summed E-state index contributed by atoms with van der Waals surface area (Å²) in [6.07, 6.45) is 1.75. The van der Waals surface area contributed by atoms with E-state index in [9.17, 15) is 9.90 Å². The van der Waals surface area contributed by atoms with Gasteiger partial charge in [-0.1, -0.05) is 22.0 Å². The zero-order valence-corrected chi connectivity index (χ0v) is 12.9. The first-order valence-corrected chi connectivity index (χ1v) is 7.51. The summed E-state index contributed by atoms with van der Waals surface area (Å²) in [6.45, 7) is 0. The van der Waals surface area contributed by atoms with Crippen molar-refractivity contribution in [2.75, 3.05) is 5.73 Å². The number of phenols is 1. The Kier molecular flexibility index (Phi) is 3.59. The number of phenolic OH excluding ortho intramolecular Hbond substituents is 1. The van der Waals surface area contributed by atoms with E-state index in [2.05, 4.69) is 21.2 Å². The highest BCUT2D eigenvalue weighted by molar-refractivity contribution is 9.10. The Labute approximate surface area is 131 Å². The number of nitrogens with two attached hydrogens (primary N) is 1. The van der Waals surface area contributed by atoms with Crippen molar-refractivity contribution in [3.05, 3.63) is 57.6 Å². The van der Waals surface area contributed by atoms with Gasteiger partial charge in [0.2, 0.25) is 0 Å². The molecule has 0 saturated carbocycles. The number of aryl methyl sites for hydroxylation is 1. The van der Waals surface area contributed by atoms with Crippen LogP contribution in [0.15, 0.2) is 40.9 Å². The van der Waals surface area contributed by atoms with Crippen LogP contribution in [0.2, 0.25) is 0 Å². The maximum Gasteiger partial charge on any atom is 0.255 e. The van der Waals surface area contributed by atoms with E-state index in [-0.39, 0.29) is 23.3 Å². The highest BCUT2D eigenvalue weighted by Gasteiger charge is 2.25. The van der Waals surface area contributed by atoms with Crippen LogP contribution in [-0.4, -0.2) is 11.0 Å². The van der Waals surface area contributed by atoms with Gasteiger partial charge in [-0.25, -0.2) is 0 Å². The van der Waals surface area contributed by atoms with Gasteiger partial charge in [-0.15, -0.1) is 0 Å². The molecule has 0 fully saturated rings. The third-order valence-electron chi connectivity index (χ3n) is 3.75. The molecular weight excluding hydrogens is 332 g/mol. The van der Waals surface area contributed by atoms with Gasteiger partial charge in [0.25, 0.3) is 5.91 Å². The summed E-state index contributed by atoms with van der Waals surface area (Å²) < 4.78 is 0.755. The van der Waals surface area contributed by atoms with E-state index in [0.29, 0.717) is 0 Å². The van der Waals surface area contributed by atoms with Crippen molar-refractivity contribution in [2.45, 2.75) is 18.9 Å². The molecule has 0 aliphatic heterocycles. The number of nitrogens with one attached hydrogen (secondary N) is 1. The van der Waals surface area contributed by atoms with Gasteiger partial charge in [-0.05, 0) is 54.3 Å². The van der Waals surface area contributed by atoms with E-state index < -0.39 is 0 Å². The quantitative estimate of drug-likeness (QED) is 0.731. The minimum Gasteiger partial charge on any atom is -0.507 e. The number of carbonyl (C=O) groups is 1. The van der Waals surface area contributed by atoms with Gasteiger partial charge in [0, 0.05) is 10.2 Å². The molecule has 2 aromatic rings. The molecular formula is C16H15BrN2O2. The summed E-state index contributed by atoms with van der Waals surface area (Å²) in [5.74, 6) is -0.297. The van der Waals surface area contributed by atoms with Crippen LogP contribution in [0.1, 0.15) is 33.9 Å². The summed E-state index contributed by atoms with van der Waals surface area (Å²) >= 11 is 3.31. The minimum absolute atomic E-state index is 0.0220.